The van der Waals surface area contributed by atoms with Crippen molar-refractivity contribution in [3.05, 3.63) is 0 Å². The van der Waals surface area contributed by atoms with Crippen LogP contribution in [0.5, 0.6) is 0 Å². The number of carboxylic acid groups (broad SMARTS) is 1. The van der Waals surface area contributed by atoms with Gasteiger partial charge in [-0.15, -0.1) is 0 Å². The normalized spacial score (nSPS) is 12.6. The molecule has 0 aromatic carbocycles. The van der Waals surface area contributed by atoms with Gasteiger partial charge in [0, 0.05) is 6.54 Å². The maximum Gasteiger partial charge on any atom is 0.321 e. The summed E-state index contributed by atoms with van der Waals surface area (Å²) in [4.78, 5) is 33.3. The molecule has 0 aliphatic rings. The minimum absolute atomic E-state index is 0.0363. The van der Waals surface area contributed by atoms with Gasteiger partial charge in [-0.3, -0.25) is 14.4 Å². The van der Waals surface area contributed by atoms with Crippen molar-refractivity contribution in [2.45, 2.75) is 45.3 Å². The summed E-state index contributed by atoms with van der Waals surface area (Å²) in [5.74, 6) is -2.23. The lowest BCUT2D eigenvalue weighted by molar-refractivity contribution is -0.158. The molecule has 0 spiro atoms. The molecule has 0 radical (unpaired) electrons. The lowest BCUT2D eigenvalue weighted by Crippen LogP contribution is -2.41. The van der Waals surface area contributed by atoms with Crippen LogP contribution in [-0.2, 0) is 23.9 Å². The fourth-order valence-corrected chi connectivity index (χ4v) is 1.25. The maximum absolute atomic E-state index is 11.5. The van der Waals surface area contributed by atoms with Crippen molar-refractivity contribution in [3.63, 3.8) is 0 Å². The molecule has 0 rings (SSSR count). The van der Waals surface area contributed by atoms with E-state index in [1.165, 1.54) is 7.11 Å². The van der Waals surface area contributed by atoms with E-state index in [0.717, 1.165) is 0 Å². The zero-order chi connectivity index (χ0) is 15.1. The second-order valence-corrected chi connectivity index (χ2v) is 4.96. The van der Waals surface area contributed by atoms with Crippen LogP contribution < -0.4 is 5.32 Å². The molecule has 0 aliphatic heterocycles. The average Bonchev–Trinajstić information content (AvgIpc) is 2.24. The van der Waals surface area contributed by atoms with Crippen molar-refractivity contribution in [2.24, 2.45) is 0 Å². The van der Waals surface area contributed by atoms with E-state index in [2.05, 4.69) is 10.1 Å². The van der Waals surface area contributed by atoms with Gasteiger partial charge in [-0.25, -0.2) is 0 Å². The van der Waals surface area contributed by atoms with E-state index in [-0.39, 0.29) is 19.4 Å². The van der Waals surface area contributed by atoms with Crippen LogP contribution in [-0.4, -0.2) is 48.3 Å². The zero-order valence-electron chi connectivity index (χ0n) is 11.7. The minimum atomic E-state index is -1.17. The van der Waals surface area contributed by atoms with Gasteiger partial charge in [0.15, 0.2) is 0 Å². The maximum atomic E-state index is 11.5. The van der Waals surface area contributed by atoms with Gasteiger partial charge in [-0.05, 0) is 20.8 Å². The lowest BCUT2D eigenvalue weighted by atomic mass is 10.1. The molecule has 7 nitrogen and oxygen atoms in total. The number of rotatable bonds is 7. The highest BCUT2D eigenvalue weighted by Gasteiger charge is 2.24. The molecule has 19 heavy (non-hydrogen) atoms. The number of nitrogens with one attached hydrogen (secondary N) is 1. The number of aliphatic carboxylic acids is 1. The van der Waals surface area contributed by atoms with E-state index in [1.54, 1.807) is 20.8 Å². The number of hydrogen-bond donors (Lipinski definition) is 2. The second kappa shape index (κ2) is 7.73. The number of hydrogen-bond acceptors (Lipinski definition) is 6. The molecule has 0 unspecified atom stereocenters. The topological polar surface area (TPSA) is 102 Å². The Bertz CT molecular complexity index is 334. The SMILES string of the molecule is COC(=O)CCN[C@H](CC(=O)OC(C)(C)C)C(=O)O. The summed E-state index contributed by atoms with van der Waals surface area (Å²) in [7, 11) is 1.25. The summed E-state index contributed by atoms with van der Waals surface area (Å²) in [6, 6.07) is -1.08. The number of methoxy groups -OCH3 is 1. The first-order valence-corrected chi connectivity index (χ1v) is 5.90. The number of esters is 2. The highest BCUT2D eigenvalue weighted by atomic mass is 16.6. The Morgan fingerprint density at radius 3 is 2.21 bits per heavy atom. The first kappa shape index (κ1) is 17.4. The Kier molecular flexibility index (Phi) is 7.06. The summed E-state index contributed by atoms with van der Waals surface area (Å²) in [6.07, 6.45) is -0.262. The molecule has 0 saturated heterocycles. The van der Waals surface area contributed by atoms with E-state index >= 15 is 0 Å². The third kappa shape index (κ3) is 9.01. The Hall–Kier alpha value is -1.63. The van der Waals surface area contributed by atoms with Crippen LogP contribution in [0.25, 0.3) is 0 Å². The zero-order valence-corrected chi connectivity index (χ0v) is 11.7. The molecule has 0 heterocycles. The Morgan fingerprint density at radius 2 is 1.79 bits per heavy atom. The minimum Gasteiger partial charge on any atom is -0.480 e. The highest BCUT2D eigenvalue weighted by molar-refractivity contribution is 5.81. The molecule has 0 fully saturated rings. The van der Waals surface area contributed by atoms with Gasteiger partial charge < -0.3 is 19.9 Å². The van der Waals surface area contributed by atoms with Gasteiger partial charge in [-0.2, -0.15) is 0 Å². The molecular formula is C12H21NO6. The number of carbonyl (C=O) groups is 3. The van der Waals surface area contributed by atoms with Crippen LogP contribution in [0.2, 0.25) is 0 Å². The number of carboxylic acids is 1. The van der Waals surface area contributed by atoms with Crippen molar-refractivity contribution in [1.82, 2.24) is 5.32 Å². The van der Waals surface area contributed by atoms with Crippen molar-refractivity contribution in [1.29, 1.82) is 0 Å². The van der Waals surface area contributed by atoms with E-state index < -0.39 is 29.6 Å². The molecule has 0 aromatic rings. The quantitative estimate of drug-likeness (QED) is 0.645. The monoisotopic (exact) mass is 275 g/mol. The average molecular weight is 275 g/mol. The lowest BCUT2D eigenvalue weighted by Gasteiger charge is -2.21. The van der Waals surface area contributed by atoms with Crippen molar-refractivity contribution in [3.8, 4) is 0 Å². The summed E-state index contributed by atoms with van der Waals surface area (Å²) in [6.45, 7) is 5.22. The smallest absolute Gasteiger partial charge is 0.321 e. The third-order valence-corrected chi connectivity index (χ3v) is 2.04. The molecule has 7 heteroatoms. The van der Waals surface area contributed by atoms with Crippen LogP contribution in [0.15, 0.2) is 0 Å². The van der Waals surface area contributed by atoms with E-state index in [0.29, 0.717) is 0 Å². The largest absolute Gasteiger partial charge is 0.480 e. The first-order chi connectivity index (χ1) is 8.65. The highest BCUT2D eigenvalue weighted by Crippen LogP contribution is 2.09. The van der Waals surface area contributed by atoms with E-state index in [1.807, 2.05) is 0 Å². The number of carbonyl (C=O) groups excluding carboxylic acids is 2. The van der Waals surface area contributed by atoms with Crippen molar-refractivity contribution < 1.29 is 29.0 Å². The third-order valence-electron chi connectivity index (χ3n) is 2.04. The molecule has 0 aliphatic carbocycles. The summed E-state index contributed by atoms with van der Waals surface area (Å²) >= 11 is 0. The summed E-state index contributed by atoms with van der Waals surface area (Å²) in [5.41, 5.74) is -0.661. The van der Waals surface area contributed by atoms with Gasteiger partial charge in [0.05, 0.1) is 20.0 Å². The Morgan fingerprint density at radius 1 is 1.21 bits per heavy atom. The first-order valence-electron chi connectivity index (χ1n) is 5.90. The van der Waals surface area contributed by atoms with Gasteiger partial charge in [0.1, 0.15) is 11.6 Å². The van der Waals surface area contributed by atoms with Crippen molar-refractivity contribution >= 4 is 17.9 Å². The second-order valence-electron chi connectivity index (χ2n) is 4.96. The number of ether oxygens (including phenoxy) is 2. The summed E-state index contributed by atoms with van der Waals surface area (Å²) < 4.78 is 9.45. The van der Waals surface area contributed by atoms with E-state index in [4.69, 9.17) is 9.84 Å². The van der Waals surface area contributed by atoms with Crippen LogP contribution in [0, 0.1) is 0 Å². The molecule has 0 aromatic heterocycles. The van der Waals surface area contributed by atoms with Gasteiger partial charge >= 0.3 is 17.9 Å². The molecule has 110 valence electrons. The molecule has 1 atom stereocenters. The van der Waals surface area contributed by atoms with Gasteiger partial charge in [-0.1, -0.05) is 0 Å². The van der Waals surface area contributed by atoms with Crippen LogP contribution in [0.3, 0.4) is 0 Å². The van der Waals surface area contributed by atoms with Crippen LogP contribution in [0.4, 0.5) is 0 Å². The van der Waals surface area contributed by atoms with Crippen molar-refractivity contribution in [2.75, 3.05) is 13.7 Å². The van der Waals surface area contributed by atoms with Crippen LogP contribution in [0.1, 0.15) is 33.6 Å². The molecular weight excluding hydrogens is 254 g/mol. The fraction of sp³-hybridized carbons (Fsp3) is 0.750. The Labute approximate surface area is 112 Å². The fourth-order valence-electron chi connectivity index (χ4n) is 1.25. The standard InChI is InChI=1S/C12H21NO6/c1-12(2,3)19-10(15)7-8(11(16)17)13-6-5-9(14)18-4/h8,13H,5-7H2,1-4H3,(H,16,17)/t8-/m1/s1. The van der Waals surface area contributed by atoms with Gasteiger partial charge in [0.25, 0.3) is 0 Å². The van der Waals surface area contributed by atoms with Crippen LogP contribution >= 0.6 is 0 Å². The molecule has 0 amide bonds. The summed E-state index contributed by atoms with van der Waals surface area (Å²) in [5, 5.41) is 11.6. The van der Waals surface area contributed by atoms with E-state index in [9.17, 15) is 14.4 Å². The Balaban J connectivity index is 4.23. The molecule has 0 saturated carbocycles. The molecule has 2 N–H and O–H groups in total. The predicted molar refractivity (Wildman–Crippen MR) is 66.5 cm³/mol. The van der Waals surface area contributed by atoms with Gasteiger partial charge in [0.2, 0.25) is 0 Å². The predicted octanol–water partition coefficient (Wildman–Crippen LogP) is 0.324. The molecule has 0 bridgehead atoms.